The molecule has 0 radical (unpaired) electrons. The van der Waals surface area contributed by atoms with Gasteiger partial charge in [-0.3, -0.25) is 0 Å². The van der Waals surface area contributed by atoms with Crippen LogP contribution in [0.1, 0.15) is 51.9 Å². The Morgan fingerprint density at radius 3 is 2.00 bits per heavy atom. The fraction of sp³-hybridized carbons (Fsp3) is 1.00. The van der Waals surface area contributed by atoms with Crippen molar-refractivity contribution in [1.29, 1.82) is 0 Å². The van der Waals surface area contributed by atoms with Crippen LogP contribution in [0.4, 0.5) is 0 Å². The van der Waals surface area contributed by atoms with E-state index in [1.54, 1.807) is 19.3 Å². The lowest BCUT2D eigenvalue weighted by molar-refractivity contribution is -0.0767. The van der Waals surface area contributed by atoms with Crippen molar-refractivity contribution in [3.63, 3.8) is 0 Å². The molecule has 5 aliphatic carbocycles. The van der Waals surface area contributed by atoms with Crippen molar-refractivity contribution in [3.8, 4) is 0 Å². The van der Waals surface area contributed by atoms with Crippen molar-refractivity contribution < 1.29 is 0 Å². The predicted molar refractivity (Wildman–Crippen MR) is 88.2 cm³/mol. The second-order valence-electron chi connectivity index (χ2n) is 9.32. The first-order valence-electron chi connectivity index (χ1n) is 9.44. The number of likely N-dealkylation sites (N-methyl/N-ethyl adjacent to an activating group) is 2. The summed E-state index contributed by atoms with van der Waals surface area (Å²) >= 11 is 0. The first-order chi connectivity index (χ1) is 10.1. The number of nitrogens with one attached hydrogen (secondary N) is 1. The highest BCUT2D eigenvalue weighted by Crippen LogP contribution is 2.61. The van der Waals surface area contributed by atoms with E-state index in [0.717, 1.165) is 35.6 Å². The van der Waals surface area contributed by atoms with E-state index in [1.165, 1.54) is 38.8 Å². The van der Waals surface area contributed by atoms with Crippen molar-refractivity contribution in [2.75, 3.05) is 27.2 Å². The van der Waals surface area contributed by atoms with Gasteiger partial charge in [0.15, 0.2) is 0 Å². The summed E-state index contributed by atoms with van der Waals surface area (Å²) in [6.45, 7) is 5.00. The lowest BCUT2D eigenvalue weighted by Gasteiger charge is -2.60. The zero-order valence-corrected chi connectivity index (χ0v) is 14.3. The van der Waals surface area contributed by atoms with Crippen molar-refractivity contribution in [1.82, 2.24) is 10.2 Å². The van der Waals surface area contributed by atoms with E-state index >= 15 is 0 Å². The third kappa shape index (κ3) is 2.67. The molecule has 0 aromatic rings. The number of nitrogens with zero attached hydrogens (tertiary/aromatic N) is 1. The molecule has 3 atom stereocenters. The highest BCUT2D eigenvalue weighted by atomic mass is 15.1. The first-order valence-corrected chi connectivity index (χ1v) is 9.44. The lowest BCUT2D eigenvalue weighted by atomic mass is 9.47. The molecule has 5 saturated carbocycles. The quantitative estimate of drug-likeness (QED) is 0.807. The summed E-state index contributed by atoms with van der Waals surface area (Å²) in [5.74, 6) is 5.19. The van der Waals surface area contributed by atoms with Crippen LogP contribution in [0.5, 0.6) is 0 Å². The Kier molecular flexibility index (Phi) is 3.61. The molecule has 0 aliphatic heterocycles. The average Bonchev–Trinajstić information content (AvgIpc) is 3.09. The molecule has 0 saturated heterocycles. The van der Waals surface area contributed by atoms with Crippen LogP contribution in [0.2, 0.25) is 0 Å². The lowest BCUT2D eigenvalue weighted by Crippen LogP contribution is -2.58. The summed E-state index contributed by atoms with van der Waals surface area (Å²) in [6.07, 6.45) is 10.7. The summed E-state index contributed by atoms with van der Waals surface area (Å²) in [6, 6.07) is 0.727. The summed E-state index contributed by atoms with van der Waals surface area (Å²) < 4.78 is 0. The largest absolute Gasteiger partial charge is 0.315 e. The van der Waals surface area contributed by atoms with Crippen molar-refractivity contribution in [2.45, 2.75) is 57.9 Å². The van der Waals surface area contributed by atoms with Gasteiger partial charge in [0, 0.05) is 19.1 Å². The molecular weight excluding hydrogens is 256 g/mol. The molecule has 0 heterocycles. The molecule has 2 nitrogen and oxygen atoms in total. The minimum atomic E-state index is 0.646. The molecule has 0 aromatic heterocycles. The summed E-state index contributed by atoms with van der Waals surface area (Å²) in [5, 5.41) is 3.75. The Hall–Kier alpha value is -0.0800. The molecule has 5 fully saturated rings. The molecule has 2 heteroatoms. The zero-order valence-electron chi connectivity index (χ0n) is 14.3. The van der Waals surface area contributed by atoms with Crippen LogP contribution in [-0.2, 0) is 0 Å². The van der Waals surface area contributed by atoms with E-state index in [9.17, 15) is 0 Å². The van der Waals surface area contributed by atoms with E-state index < -0.39 is 0 Å². The van der Waals surface area contributed by atoms with Gasteiger partial charge < -0.3 is 10.2 Å². The van der Waals surface area contributed by atoms with Gasteiger partial charge >= 0.3 is 0 Å². The molecule has 0 spiro atoms. The topological polar surface area (TPSA) is 15.3 Å². The van der Waals surface area contributed by atoms with Crippen LogP contribution in [0.3, 0.4) is 0 Å². The van der Waals surface area contributed by atoms with Crippen LogP contribution in [0.25, 0.3) is 0 Å². The van der Waals surface area contributed by atoms with Crippen molar-refractivity contribution >= 4 is 0 Å². The van der Waals surface area contributed by atoms with E-state index in [1.807, 2.05) is 0 Å². The van der Waals surface area contributed by atoms with Crippen molar-refractivity contribution in [2.24, 2.45) is 35.0 Å². The van der Waals surface area contributed by atoms with Crippen LogP contribution in [0.15, 0.2) is 0 Å². The predicted octanol–water partition coefficient (Wildman–Crippen LogP) is 3.38. The Bertz CT molecular complexity index is 356. The molecule has 0 amide bonds. The molecule has 5 aliphatic rings. The van der Waals surface area contributed by atoms with Gasteiger partial charge in [-0.25, -0.2) is 0 Å². The number of hydrogen-bond acceptors (Lipinski definition) is 2. The highest BCUT2D eigenvalue weighted by Gasteiger charge is 2.54. The Morgan fingerprint density at radius 2 is 1.57 bits per heavy atom. The summed E-state index contributed by atoms with van der Waals surface area (Å²) in [7, 11) is 4.58. The van der Waals surface area contributed by atoms with Crippen LogP contribution in [0, 0.1) is 35.0 Å². The maximum absolute atomic E-state index is 3.75. The van der Waals surface area contributed by atoms with Gasteiger partial charge in [-0.2, -0.15) is 0 Å². The van der Waals surface area contributed by atoms with Gasteiger partial charge in [-0.15, -0.1) is 0 Å². The normalized spacial score (nSPS) is 48.9. The fourth-order valence-corrected chi connectivity index (χ4v) is 6.64. The maximum atomic E-state index is 3.75. The molecule has 120 valence electrons. The van der Waals surface area contributed by atoms with Gasteiger partial charge in [0.1, 0.15) is 0 Å². The summed E-state index contributed by atoms with van der Waals surface area (Å²) in [5.41, 5.74) is 0.646. The third-order valence-corrected chi connectivity index (χ3v) is 7.49. The molecule has 5 rings (SSSR count). The van der Waals surface area contributed by atoms with Crippen LogP contribution in [-0.4, -0.2) is 38.1 Å². The molecule has 21 heavy (non-hydrogen) atoms. The Morgan fingerprint density at radius 1 is 1.05 bits per heavy atom. The van der Waals surface area contributed by atoms with Gasteiger partial charge in [0.2, 0.25) is 0 Å². The van der Waals surface area contributed by atoms with Gasteiger partial charge in [0.05, 0.1) is 0 Å². The second-order valence-corrected chi connectivity index (χ2v) is 9.32. The summed E-state index contributed by atoms with van der Waals surface area (Å²) in [4.78, 5) is 2.63. The Labute approximate surface area is 131 Å². The SMILES string of the molecule is CNC(CN(C)CC1CC1C)C12CC3CC(CC(C3)C1)C2. The monoisotopic (exact) mass is 290 g/mol. The molecular formula is C19H34N2. The minimum Gasteiger partial charge on any atom is -0.315 e. The van der Waals surface area contributed by atoms with E-state index in [-0.39, 0.29) is 0 Å². The molecule has 3 unspecified atom stereocenters. The number of rotatable bonds is 6. The fourth-order valence-electron chi connectivity index (χ4n) is 6.64. The van der Waals surface area contributed by atoms with Crippen molar-refractivity contribution in [3.05, 3.63) is 0 Å². The first kappa shape index (κ1) is 14.5. The van der Waals surface area contributed by atoms with Gasteiger partial charge in [0.25, 0.3) is 0 Å². The van der Waals surface area contributed by atoms with Gasteiger partial charge in [-0.1, -0.05) is 6.92 Å². The van der Waals surface area contributed by atoms with Crippen LogP contribution < -0.4 is 5.32 Å². The third-order valence-electron chi connectivity index (χ3n) is 7.49. The number of hydrogen-bond donors (Lipinski definition) is 1. The van der Waals surface area contributed by atoms with Crippen LogP contribution >= 0.6 is 0 Å². The van der Waals surface area contributed by atoms with E-state index in [0.29, 0.717) is 5.41 Å². The Balaban J connectivity index is 1.42. The second kappa shape index (κ2) is 5.23. The van der Waals surface area contributed by atoms with E-state index in [4.69, 9.17) is 0 Å². The molecule has 4 bridgehead atoms. The zero-order chi connectivity index (χ0) is 14.6. The maximum Gasteiger partial charge on any atom is 0.0248 e. The average molecular weight is 290 g/mol. The van der Waals surface area contributed by atoms with Gasteiger partial charge in [-0.05, 0) is 94.0 Å². The molecule has 1 N–H and O–H groups in total. The minimum absolute atomic E-state index is 0.646. The van der Waals surface area contributed by atoms with E-state index in [2.05, 4.69) is 31.2 Å². The highest BCUT2D eigenvalue weighted by molar-refractivity contribution is 5.06. The molecule has 0 aromatic carbocycles. The smallest absolute Gasteiger partial charge is 0.0248 e. The standard InChI is InChI=1S/C19H34N2/c1-13-4-17(13)11-21(3)12-18(20-2)19-8-14-5-15(9-19)7-16(6-14)10-19/h13-18,20H,4-12H2,1-3H3.